The van der Waals surface area contributed by atoms with Crippen LogP contribution in [0.2, 0.25) is 0 Å². The summed E-state index contributed by atoms with van der Waals surface area (Å²) in [7, 11) is -14.2. The van der Waals surface area contributed by atoms with Crippen LogP contribution < -0.4 is 20.0 Å². The highest BCUT2D eigenvalue weighted by Crippen LogP contribution is 2.44. The maximum atomic E-state index is 14.8. The molecule has 3 saturated carbocycles. The van der Waals surface area contributed by atoms with Gasteiger partial charge in [0, 0.05) is 96.7 Å². The van der Waals surface area contributed by atoms with Crippen LogP contribution in [0, 0.1) is 90.6 Å². The van der Waals surface area contributed by atoms with Crippen LogP contribution in [0.1, 0.15) is 214 Å². The molecule has 4 amide bonds. The Kier molecular flexibility index (Phi) is 28.5. The molecule has 7 aliphatic rings. The molecule has 700 valence electrons. The van der Waals surface area contributed by atoms with E-state index in [1.807, 2.05) is 18.2 Å². The number of hydrogen-bond acceptors (Lipinski definition) is 18. The average Bonchev–Trinajstić information content (AvgIpc) is 0.838. The quantitative estimate of drug-likeness (QED) is 0.0262. The lowest BCUT2D eigenvalue weighted by molar-refractivity contribution is -0.125. The minimum atomic E-state index is -5.24. The van der Waals surface area contributed by atoms with Crippen molar-refractivity contribution in [1.29, 1.82) is 0 Å². The van der Waals surface area contributed by atoms with Gasteiger partial charge in [-0.05, 0) is 174 Å². The molecule has 16 rings (SSSR count). The minimum Gasteiger partial charge on any atom is -0.507 e. The summed E-state index contributed by atoms with van der Waals surface area (Å²) in [4.78, 5) is 88.9. The number of aromatic carboxylic acids is 1. The lowest BCUT2D eigenvalue weighted by Gasteiger charge is -2.41. The number of anilines is 3. The maximum absolute atomic E-state index is 14.8. The van der Waals surface area contributed by atoms with Gasteiger partial charge in [-0.3, -0.25) is 34.1 Å². The SMILES string of the molecule is CNC(=O)c1ccc(N(Cc2ccc(C3CCCCC3)cn2)C(=O)[C@H]2CCN2S(=O)(=O)c2c(F)c(F)c(C)c(F)c2F)cc1O.Cc1c(F)c(F)c(S(=O)(=O)N2CC[C@@H]2C(=O)N(Cc2ccc(C3CCCC3)cn2)c2ccc(C(=O)O)c(O)c2)c(F)c1F.Cc1c(F)c(F)c(S(=O)(=O)N2CC[C@@H]2C(=O)N(Cc2ccc(C3CCCCC3)cn2)c2ccc3c(c2)COC3=O)c(F)c1F. The highest BCUT2D eigenvalue weighted by atomic mass is 32.2. The van der Waals surface area contributed by atoms with Crippen molar-refractivity contribution in [2.24, 2.45) is 0 Å². The van der Waals surface area contributed by atoms with Gasteiger partial charge in [-0.25, -0.2) is 87.5 Å². The summed E-state index contributed by atoms with van der Waals surface area (Å²) in [5.41, 5.74) is 2.15. The number of halogens is 12. The number of hydrogen-bond donors (Lipinski definition) is 4. The van der Waals surface area contributed by atoms with Crippen LogP contribution in [0.4, 0.5) is 69.7 Å². The number of carbonyl (C=O) groups is 6. The number of esters is 1. The molecule has 3 aliphatic carbocycles. The van der Waals surface area contributed by atoms with Crippen LogP contribution >= 0.6 is 0 Å². The number of ether oxygens (including phenoxy) is 1. The number of aromatic nitrogens is 3. The van der Waals surface area contributed by atoms with Gasteiger partial charge in [0.2, 0.25) is 47.8 Å². The summed E-state index contributed by atoms with van der Waals surface area (Å²) in [6, 6.07) is 18.2. The summed E-state index contributed by atoms with van der Waals surface area (Å²) >= 11 is 0. The molecule has 6 fully saturated rings. The number of carboxylic acid groups (broad SMARTS) is 1. The molecule has 3 aromatic heterocycles. The van der Waals surface area contributed by atoms with Crippen molar-refractivity contribution in [3.8, 4) is 11.5 Å². The molecule has 4 aliphatic heterocycles. The first-order valence-electron chi connectivity index (χ1n) is 42.4. The number of phenolic OH excluding ortho intramolecular Hbond substituents is 1. The van der Waals surface area contributed by atoms with E-state index in [0.717, 1.165) is 143 Å². The standard InChI is InChI=1S/C31H32F4N4O5S.C31H29F4N3O5S.C29H27F4N3O6S/c1-17-25(32)27(34)29(28(35)26(17)33)45(43,44)39-13-12-23(39)31(42)38(21-10-11-22(24(40)14-21)30(41)36-2)16-20-9-8-19(15-37-20)18-6-4-3-5-7-18;1-17-25(32)27(34)29(28(35)26(17)33)44(41,42)38-12-11-24(38)30(39)37(22-9-10-23-20(13-22)16-43-31(23)40)15-21-8-7-19(14-36-21)18-5-3-2-4-6-18;1-15-23(30)25(32)27(26(33)24(15)31)43(41,42)36-11-10-21(36)28(38)35(19-8-9-20(29(39)40)22(37)12-19)14-18-7-6-17(13-34-18)16-4-2-3-5-16/h8-11,14-15,18,23,40H,3-7,12-13,16H2,1-2H3,(H,36,41);7-10,13-14,18,24H,2-6,11-12,15-16H2,1H3;6-9,12-13,16,21,37H,2-5,10-11,14H2,1H3,(H,39,40)/t23-;24-;21-/m111/s1. The number of cyclic esters (lactones) is 1. The average molecular weight is 1900 g/mol. The Bertz CT molecular complexity index is 6350. The molecule has 132 heavy (non-hydrogen) atoms. The fourth-order valence-electron chi connectivity index (χ4n) is 17.4. The van der Waals surface area contributed by atoms with Crippen LogP contribution in [-0.2, 0) is 75.4 Å². The van der Waals surface area contributed by atoms with Gasteiger partial charge in [-0.1, -0.05) is 69.6 Å². The number of pyridine rings is 3. The number of benzene rings is 6. The summed E-state index contributed by atoms with van der Waals surface area (Å²) < 4.78 is 261. The monoisotopic (exact) mass is 1900 g/mol. The summed E-state index contributed by atoms with van der Waals surface area (Å²) in [6.45, 7) is 0.749. The number of fused-ring (bicyclic) bond motifs is 1. The molecule has 0 radical (unpaired) electrons. The third kappa shape index (κ3) is 18.7. The first kappa shape index (κ1) is 96.1. The molecular formula is C91H88F12N10O16S3. The Labute approximate surface area is 750 Å². The maximum Gasteiger partial charge on any atom is 0.339 e. The molecule has 4 N–H and O–H groups in total. The number of amides is 4. The molecule has 41 heteroatoms. The van der Waals surface area contributed by atoms with Crippen LogP contribution in [0.15, 0.2) is 124 Å². The Morgan fingerprint density at radius 2 is 0.705 bits per heavy atom. The van der Waals surface area contributed by atoms with Crippen molar-refractivity contribution in [3.63, 3.8) is 0 Å². The molecule has 0 bridgehead atoms. The first-order valence-corrected chi connectivity index (χ1v) is 46.7. The van der Waals surface area contributed by atoms with Gasteiger partial charge in [0.15, 0.2) is 84.5 Å². The van der Waals surface area contributed by atoms with E-state index in [4.69, 9.17) is 4.74 Å². The lowest BCUT2D eigenvalue weighted by atomic mass is 9.85. The largest absolute Gasteiger partial charge is 0.507 e. The van der Waals surface area contributed by atoms with E-state index >= 15 is 0 Å². The van der Waals surface area contributed by atoms with Crippen LogP contribution in [-0.4, -0.2) is 149 Å². The molecule has 0 spiro atoms. The van der Waals surface area contributed by atoms with Gasteiger partial charge in [-0.15, -0.1) is 0 Å². The Morgan fingerprint density at radius 1 is 0.409 bits per heavy atom. The van der Waals surface area contributed by atoms with Gasteiger partial charge >= 0.3 is 11.9 Å². The summed E-state index contributed by atoms with van der Waals surface area (Å²) in [6.07, 6.45) is 20.5. The fourth-order valence-corrected chi connectivity index (χ4v) is 22.6. The number of phenols is 2. The van der Waals surface area contributed by atoms with Crippen molar-refractivity contribution in [1.82, 2.24) is 33.2 Å². The minimum absolute atomic E-state index is 0.00475. The highest BCUT2D eigenvalue weighted by molar-refractivity contribution is 7.89. The number of aromatic hydroxyl groups is 2. The van der Waals surface area contributed by atoms with E-state index in [0.29, 0.717) is 64.6 Å². The molecule has 3 saturated heterocycles. The van der Waals surface area contributed by atoms with Crippen molar-refractivity contribution < 1.29 is 127 Å². The second-order valence-electron chi connectivity index (χ2n) is 33.3. The lowest BCUT2D eigenvalue weighted by Crippen LogP contribution is -2.59. The zero-order valence-corrected chi connectivity index (χ0v) is 73.7. The molecule has 26 nitrogen and oxygen atoms in total. The third-order valence-electron chi connectivity index (χ3n) is 25.3. The fraction of sp³-hybridized carbons (Fsp3) is 0.374. The normalized spacial score (nSPS) is 18.0. The number of carboxylic acids is 1. The van der Waals surface area contributed by atoms with Gasteiger partial charge in [-0.2, -0.15) is 12.9 Å². The Hall–Kier alpha value is -11.9. The summed E-state index contributed by atoms with van der Waals surface area (Å²) in [5, 5.41) is 32.5. The highest BCUT2D eigenvalue weighted by Gasteiger charge is 2.52. The van der Waals surface area contributed by atoms with Gasteiger partial charge in [0.25, 0.3) is 5.91 Å². The molecule has 7 heterocycles. The molecule has 6 aromatic carbocycles. The Morgan fingerprint density at radius 3 is 0.977 bits per heavy atom. The van der Waals surface area contributed by atoms with Crippen LogP contribution in [0.5, 0.6) is 11.5 Å². The van der Waals surface area contributed by atoms with Crippen LogP contribution in [0.25, 0.3) is 0 Å². The number of carbonyl (C=O) groups excluding carboxylic acids is 5. The second-order valence-corrected chi connectivity index (χ2v) is 38.8. The predicted molar refractivity (Wildman–Crippen MR) is 451 cm³/mol. The van der Waals surface area contributed by atoms with Crippen molar-refractivity contribution in [3.05, 3.63) is 252 Å². The second kappa shape index (κ2) is 39.1. The van der Waals surface area contributed by atoms with E-state index in [9.17, 15) is 122 Å². The zero-order valence-electron chi connectivity index (χ0n) is 71.3. The van der Waals surface area contributed by atoms with Crippen molar-refractivity contribution in [2.75, 3.05) is 41.4 Å². The molecule has 9 aromatic rings. The predicted octanol–water partition coefficient (Wildman–Crippen LogP) is 15.7. The van der Waals surface area contributed by atoms with E-state index in [-0.39, 0.29) is 82.1 Å². The van der Waals surface area contributed by atoms with Crippen LogP contribution in [0.3, 0.4) is 0 Å². The number of nitrogens with zero attached hydrogens (tertiary/aromatic N) is 9. The van der Waals surface area contributed by atoms with E-state index < -0.39 is 202 Å². The number of sulfonamides is 3. The van der Waals surface area contributed by atoms with Gasteiger partial charge in [0.1, 0.15) is 41.8 Å². The third-order valence-corrected chi connectivity index (χ3v) is 31.1. The molecular weight excluding hydrogens is 1810 g/mol. The zero-order chi connectivity index (χ0) is 95.2. The van der Waals surface area contributed by atoms with E-state index in [1.165, 1.54) is 55.1 Å². The van der Waals surface area contributed by atoms with Crippen molar-refractivity contribution in [2.45, 2.75) is 207 Å². The molecule has 3 atom stereocenters. The number of nitrogens with one attached hydrogen (secondary N) is 1. The molecule has 0 unspecified atom stereocenters. The van der Waals surface area contributed by atoms with Gasteiger partial charge < -0.3 is 40.1 Å². The smallest absolute Gasteiger partial charge is 0.339 e. The van der Waals surface area contributed by atoms with Gasteiger partial charge in [0.05, 0.1) is 47.8 Å². The van der Waals surface area contributed by atoms with Crippen molar-refractivity contribution >= 4 is 82.7 Å². The topological polar surface area (TPSA) is 345 Å². The van der Waals surface area contributed by atoms with E-state index in [2.05, 4.69) is 20.3 Å². The summed E-state index contributed by atoms with van der Waals surface area (Å²) in [5.74, 6) is -28.6. The van der Waals surface area contributed by atoms with E-state index in [1.54, 1.807) is 42.9 Å². The number of rotatable bonds is 23. The first-order chi connectivity index (χ1) is 62.7. The Balaban J connectivity index is 0.000000159.